The van der Waals surface area contributed by atoms with Gasteiger partial charge in [-0.05, 0) is 38.1 Å². The molecule has 1 rings (SSSR count). The molecule has 21 heavy (non-hydrogen) atoms. The fourth-order valence-corrected chi connectivity index (χ4v) is 3.88. The summed E-state index contributed by atoms with van der Waals surface area (Å²) in [4.78, 5) is 0.339. The van der Waals surface area contributed by atoms with Crippen molar-refractivity contribution < 1.29 is 13.2 Å². The first-order valence-corrected chi connectivity index (χ1v) is 8.65. The van der Waals surface area contributed by atoms with Gasteiger partial charge in [0.1, 0.15) is 0 Å². The van der Waals surface area contributed by atoms with E-state index in [4.69, 9.17) is 4.74 Å². The smallest absolute Gasteiger partial charge is 0.243 e. The maximum atomic E-state index is 12.8. The SMILES string of the molecule is CCC(C)N(CCOC)S(=O)(=O)c1cccc(CNC)c1. The molecule has 6 heteroatoms. The number of methoxy groups -OCH3 is 1. The summed E-state index contributed by atoms with van der Waals surface area (Å²) in [6, 6.07) is 7.02. The van der Waals surface area contributed by atoms with Crippen molar-refractivity contribution in [1.29, 1.82) is 0 Å². The third-order valence-electron chi connectivity index (χ3n) is 3.48. The summed E-state index contributed by atoms with van der Waals surface area (Å²) in [5.74, 6) is 0. The fraction of sp³-hybridized carbons (Fsp3) is 0.600. The first kappa shape index (κ1) is 18.1. The Morgan fingerprint density at radius 1 is 1.38 bits per heavy atom. The lowest BCUT2D eigenvalue weighted by molar-refractivity contribution is 0.167. The molecule has 0 fully saturated rings. The van der Waals surface area contributed by atoms with Crippen molar-refractivity contribution in [3.8, 4) is 0 Å². The van der Waals surface area contributed by atoms with Gasteiger partial charge in [-0.3, -0.25) is 0 Å². The maximum Gasteiger partial charge on any atom is 0.243 e. The lowest BCUT2D eigenvalue weighted by Gasteiger charge is -2.27. The molecule has 1 aromatic rings. The standard InChI is InChI=1S/C15H26N2O3S/c1-5-13(2)17(9-10-20-4)21(18,19)15-8-6-7-14(11-15)12-16-3/h6-8,11,13,16H,5,9-10,12H2,1-4H3. The van der Waals surface area contributed by atoms with E-state index in [1.165, 1.54) is 4.31 Å². The topological polar surface area (TPSA) is 58.6 Å². The lowest BCUT2D eigenvalue weighted by atomic mass is 10.2. The molecular weight excluding hydrogens is 288 g/mol. The van der Waals surface area contributed by atoms with Gasteiger partial charge in [-0.2, -0.15) is 4.31 Å². The summed E-state index contributed by atoms with van der Waals surface area (Å²) in [7, 11) is -0.0831. The van der Waals surface area contributed by atoms with Crippen molar-refractivity contribution >= 4 is 10.0 Å². The van der Waals surface area contributed by atoms with Gasteiger partial charge in [0.25, 0.3) is 0 Å². The van der Waals surface area contributed by atoms with E-state index < -0.39 is 10.0 Å². The third-order valence-corrected chi connectivity index (χ3v) is 5.49. The Bertz CT molecular complexity index is 531. The summed E-state index contributed by atoms with van der Waals surface area (Å²) in [6.07, 6.45) is 0.763. The van der Waals surface area contributed by atoms with E-state index >= 15 is 0 Å². The van der Waals surface area contributed by atoms with Gasteiger partial charge < -0.3 is 10.1 Å². The molecular formula is C15H26N2O3S. The Balaban J connectivity index is 3.12. The van der Waals surface area contributed by atoms with Crippen LogP contribution in [0.1, 0.15) is 25.8 Å². The summed E-state index contributed by atoms with van der Waals surface area (Å²) in [6.45, 7) is 5.30. The van der Waals surface area contributed by atoms with E-state index in [9.17, 15) is 8.42 Å². The average Bonchev–Trinajstić information content (AvgIpc) is 2.47. The number of hydrogen-bond donors (Lipinski definition) is 1. The Hall–Kier alpha value is -0.950. The van der Waals surface area contributed by atoms with Crippen LogP contribution in [0.15, 0.2) is 29.2 Å². The van der Waals surface area contributed by atoms with Gasteiger partial charge in [-0.1, -0.05) is 19.1 Å². The zero-order valence-electron chi connectivity index (χ0n) is 13.3. The minimum Gasteiger partial charge on any atom is -0.383 e. The first-order chi connectivity index (χ1) is 9.97. The van der Waals surface area contributed by atoms with Crippen molar-refractivity contribution in [2.24, 2.45) is 0 Å². The predicted octanol–water partition coefficient (Wildman–Crippen LogP) is 1.84. The number of hydrogen-bond acceptors (Lipinski definition) is 4. The molecule has 1 N–H and O–H groups in total. The summed E-state index contributed by atoms with van der Waals surface area (Å²) in [5.41, 5.74) is 0.953. The second-order valence-electron chi connectivity index (χ2n) is 5.04. The van der Waals surface area contributed by atoms with Crippen LogP contribution in [0.25, 0.3) is 0 Å². The van der Waals surface area contributed by atoms with Gasteiger partial charge in [0.15, 0.2) is 0 Å². The molecule has 1 unspecified atom stereocenters. The van der Waals surface area contributed by atoms with E-state index in [2.05, 4.69) is 5.32 Å². The molecule has 0 saturated heterocycles. The monoisotopic (exact) mass is 314 g/mol. The summed E-state index contributed by atoms with van der Waals surface area (Å²) < 4.78 is 32.3. The van der Waals surface area contributed by atoms with Crippen molar-refractivity contribution in [2.45, 2.75) is 37.8 Å². The van der Waals surface area contributed by atoms with Crippen LogP contribution >= 0.6 is 0 Å². The number of rotatable bonds is 9. The highest BCUT2D eigenvalue weighted by Gasteiger charge is 2.28. The van der Waals surface area contributed by atoms with Crippen LogP contribution in [0.4, 0.5) is 0 Å². The lowest BCUT2D eigenvalue weighted by Crippen LogP contribution is -2.40. The van der Waals surface area contributed by atoms with Crippen molar-refractivity contribution in [3.63, 3.8) is 0 Å². The van der Waals surface area contributed by atoms with Gasteiger partial charge in [0.05, 0.1) is 11.5 Å². The number of ether oxygens (including phenoxy) is 1. The number of nitrogens with one attached hydrogen (secondary N) is 1. The van der Waals surface area contributed by atoms with Crippen LogP contribution in [0.3, 0.4) is 0 Å². The summed E-state index contributed by atoms with van der Waals surface area (Å²) in [5, 5.41) is 3.03. The number of benzene rings is 1. The molecule has 120 valence electrons. The van der Waals surface area contributed by atoms with E-state index in [0.717, 1.165) is 12.0 Å². The molecule has 0 heterocycles. The van der Waals surface area contributed by atoms with Crippen LogP contribution in [0.5, 0.6) is 0 Å². The zero-order valence-corrected chi connectivity index (χ0v) is 14.1. The van der Waals surface area contributed by atoms with E-state index in [-0.39, 0.29) is 6.04 Å². The Morgan fingerprint density at radius 3 is 2.67 bits per heavy atom. The van der Waals surface area contributed by atoms with Gasteiger partial charge in [-0.25, -0.2) is 8.42 Å². The quantitative estimate of drug-likeness (QED) is 0.755. The van der Waals surface area contributed by atoms with E-state index in [1.54, 1.807) is 25.3 Å². The molecule has 0 saturated carbocycles. The Morgan fingerprint density at radius 2 is 2.10 bits per heavy atom. The molecule has 0 amide bonds. The van der Waals surface area contributed by atoms with Crippen molar-refractivity contribution in [2.75, 3.05) is 27.3 Å². The largest absolute Gasteiger partial charge is 0.383 e. The Labute approximate surface area is 128 Å². The van der Waals surface area contributed by atoms with Gasteiger partial charge in [0.2, 0.25) is 10.0 Å². The van der Waals surface area contributed by atoms with E-state index in [0.29, 0.717) is 24.6 Å². The minimum atomic E-state index is -3.50. The highest BCUT2D eigenvalue weighted by atomic mass is 32.2. The zero-order chi connectivity index (χ0) is 15.9. The third kappa shape index (κ3) is 4.78. The second kappa shape index (κ2) is 8.48. The predicted molar refractivity (Wildman–Crippen MR) is 84.7 cm³/mol. The van der Waals surface area contributed by atoms with Crippen LogP contribution in [0.2, 0.25) is 0 Å². The van der Waals surface area contributed by atoms with Crippen molar-refractivity contribution in [1.82, 2.24) is 9.62 Å². The highest BCUT2D eigenvalue weighted by molar-refractivity contribution is 7.89. The van der Waals surface area contributed by atoms with Crippen LogP contribution < -0.4 is 5.32 Å². The maximum absolute atomic E-state index is 12.8. The van der Waals surface area contributed by atoms with Gasteiger partial charge >= 0.3 is 0 Å². The molecule has 0 radical (unpaired) electrons. The molecule has 0 aliphatic rings. The highest BCUT2D eigenvalue weighted by Crippen LogP contribution is 2.20. The van der Waals surface area contributed by atoms with Crippen molar-refractivity contribution in [3.05, 3.63) is 29.8 Å². The molecule has 1 aromatic carbocycles. The molecule has 0 spiro atoms. The number of sulfonamides is 1. The fourth-order valence-electron chi connectivity index (χ4n) is 2.12. The van der Waals surface area contributed by atoms with Gasteiger partial charge in [-0.15, -0.1) is 0 Å². The van der Waals surface area contributed by atoms with Crippen LogP contribution in [-0.2, 0) is 21.3 Å². The molecule has 5 nitrogen and oxygen atoms in total. The number of nitrogens with zero attached hydrogens (tertiary/aromatic N) is 1. The Kier molecular flexibility index (Phi) is 7.31. The molecule has 0 aromatic heterocycles. The average molecular weight is 314 g/mol. The second-order valence-corrected chi connectivity index (χ2v) is 6.93. The molecule has 0 bridgehead atoms. The summed E-state index contributed by atoms with van der Waals surface area (Å²) >= 11 is 0. The molecule has 1 atom stereocenters. The first-order valence-electron chi connectivity index (χ1n) is 7.21. The normalized spacial score (nSPS) is 13.6. The van der Waals surface area contributed by atoms with Crippen LogP contribution in [-0.4, -0.2) is 46.1 Å². The minimum absolute atomic E-state index is 0.0573. The van der Waals surface area contributed by atoms with Crippen LogP contribution in [0, 0.1) is 0 Å². The van der Waals surface area contributed by atoms with Gasteiger partial charge in [0, 0.05) is 26.2 Å². The molecule has 0 aliphatic carbocycles. The van der Waals surface area contributed by atoms with E-state index in [1.807, 2.05) is 27.0 Å². The molecule has 0 aliphatic heterocycles.